The van der Waals surface area contributed by atoms with E-state index in [1.54, 1.807) is 0 Å². The number of nitrogens with two attached hydrogens (primary N) is 1. The molecule has 104 valence electrons. The first-order valence-electron chi connectivity index (χ1n) is 5.89. The summed E-state index contributed by atoms with van der Waals surface area (Å²) in [6.45, 7) is 1.97. The fourth-order valence-corrected chi connectivity index (χ4v) is 2.08. The molecule has 1 aromatic heterocycles. The van der Waals surface area contributed by atoms with Gasteiger partial charge in [0.05, 0.1) is 18.4 Å². The molecule has 0 fully saturated rings. The summed E-state index contributed by atoms with van der Waals surface area (Å²) in [5, 5.41) is 3.13. The van der Waals surface area contributed by atoms with Crippen LogP contribution in [0.15, 0.2) is 34.9 Å². The Bertz CT molecular complexity index is 659. The average molecular weight is 336 g/mol. The molecule has 6 heteroatoms. The number of nitrogens with zero attached hydrogens (tertiary/aromatic N) is 1. The van der Waals surface area contributed by atoms with Gasteiger partial charge in [-0.05, 0) is 30.7 Å². The average Bonchev–Trinajstić information content (AvgIpc) is 2.44. The normalized spacial score (nSPS) is 10.2. The van der Waals surface area contributed by atoms with Crippen LogP contribution in [0, 0.1) is 6.92 Å². The number of carbonyl (C=O) groups excluding carboxylic acids is 1. The molecule has 0 spiro atoms. The minimum absolute atomic E-state index is 0.263. The van der Waals surface area contributed by atoms with Gasteiger partial charge < -0.3 is 15.8 Å². The number of methoxy groups -OCH3 is 1. The largest absolute Gasteiger partial charge is 0.465 e. The molecular weight excluding hydrogens is 322 g/mol. The highest BCUT2D eigenvalue weighted by Crippen LogP contribution is 2.28. The number of nitrogen functional groups attached to an aromatic ring is 1. The summed E-state index contributed by atoms with van der Waals surface area (Å²) < 4.78 is 5.62. The number of anilines is 3. The lowest BCUT2D eigenvalue weighted by Crippen LogP contribution is -2.09. The van der Waals surface area contributed by atoms with E-state index >= 15 is 0 Å². The van der Waals surface area contributed by atoms with E-state index in [4.69, 9.17) is 5.73 Å². The second kappa shape index (κ2) is 5.92. The molecule has 20 heavy (non-hydrogen) atoms. The van der Waals surface area contributed by atoms with Crippen molar-refractivity contribution < 1.29 is 9.53 Å². The Morgan fingerprint density at radius 2 is 2.15 bits per heavy atom. The maximum atomic E-state index is 11.6. The van der Waals surface area contributed by atoms with Gasteiger partial charge in [0.2, 0.25) is 0 Å². The van der Waals surface area contributed by atoms with Crippen LogP contribution in [0.5, 0.6) is 0 Å². The summed E-state index contributed by atoms with van der Waals surface area (Å²) in [6.07, 6.45) is 1.51. The first kappa shape index (κ1) is 14.3. The molecule has 0 aliphatic heterocycles. The molecule has 3 N–H and O–H groups in total. The zero-order valence-corrected chi connectivity index (χ0v) is 12.7. The molecule has 0 aliphatic carbocycles. The molecule has 0 atom stereocenters. The van der Waals surface area contributed by atoms with E-state index in [-0.39, 0.29) is 11.3 Å². The van der Waals surface area contributed by atoms with E-state index in [1.807, 2.05) is 25.1 Å². The highest BCUT2D eigenvalue weighted by molar-refractivity contribution is 9.10. The van der Waals surface area contributed by atoms with Crippen LogP contribution in [0.4, 0.5) is 17.2 Å². The Balaban J connectivity index is 2.39. The summed E-state index contributed by atoms with van der Waals surface area (Å²) in [5.74, 6) is -0.0620. The van der Waals surface area contributed by atoms with E-state index < -0.39 is 5.97 Å². The molecule has 0 unspecified atom stereocenters. The van der Waals surface area contributed by atoms with Crippen molar-refractivity contribution in [3.05, 3.63) is 46.1 Å². The number of nitrogens with one attached hydrogen (secondary N) is 1. The standard InChI is InChI=1S/C14H14BrN3O2/c1-8-3-4-9(15)7-11(8)18-13-12(16)10(5-6-17-13)14(19)20-2/h3-7H,16H2,1-2H3,(H,17,18). The fraction of sp³-hybridized carbons (Fsp3) is 0.143. The van der Waals surface area contributed by atoms with Gasteiger partial charge >= 0.3 is 5.97 Å². The highest BCUT2D eigenvalue weighted by Gasteiger charge is 2.14. The second-order valence-electron chi connectivity index (χ2n) is 4.20. The Hall–Kier alpha value is -2.08. The van der Waals surface area contributed by atoms with Crippen LogP contribution < -0.4 is 11.1 Å². The number of aryl methyl sites for hydroxylation is 1. The third-order valence-electron chi connectivity index (χ3n) is 2.85. The minimum Gasteiger partial charge on any atom is -0.465 e. The summed E-state index contributed by atoms with van der Waals surface area (Å²) in [5.41, 5.74) is 8.41. The lowest BCUT2D eigenvalue weighted by atomic mass is 10.2. The number of ether oxygens (including phenoxy) is 1. The van der Waals surface area contributed by atoms with Crippen molar-refractivity contribution in [2.24, 2.45) is 0 Å². The molecule has 0 amide bonds. The van der Waals surface area contributed by atoms with Crippen LogP contribution in [0.2, 0.25) is 0 Å². The molecular formula is C14H14BrN3O2. The molecule has 0 aliphatic rings. The summed E-state index contributed by atoms with van der Waals surface area (Å²) in [7, 11) is 1.31. The van der Waals surface area contributed by atoms with Gasteiger partial charge in [-0.2, -0.15) is 0 Å². The number of aromatic nitrogens is 1. The Morgan fingerprint density at radius 3 is 2.85 bits per heavy atom. The van der Waals surface area contributed by atoms with Crippen LogP contribution in [0.1, 0.15) is 15.9 Å². The summed E-state index contributed by atoms with van der Waals surface area (Å²) in [6, 6.07) is 7.36. The van der Waals surface area contributed by atoms with Gasteiger partial charge in [0.1, 0.15) is 0 Å². The van der Waals surface area contributed by atoms with E-state index in [9.17, 15) is 4.79 Å². The van der Waals surface area contributed by atoms with Crippen LogP contribution >= 0.6 is 15.9 Å². The number of benzene rings is 1. The van der Waals surface area contributed by atoms with Gasteiger partial charge in [-0.25, -0.2) is 9.78 Å². The third-order valence-corrected chi connectivity index (χ3v) is 3.34. The van der Waals surface area contributed by atoms with Crippen molar-refractivity contribution in [2.45, 2.75) is 6.92 Å². The van der Waals surface area contributed by atoms with Crippen LogP contribution in [0.25, 0.3) is 0 Å². The second-order valence-corrected chi connectivity index (χ2v) is 5.11. The molecule has 0 bridgehead atoms. The predicted octanol–water partition coefficient (Wildman–Crippen LogP) is 3.26. The first-order valence-corrected chi connectivity index (χ1v) is 6.68. The zero-order chi connectivity index (χ0) is 14.7. The van der Waals surface area contributed by atoms with Gasteiger partial charge in [0.25, 0.3) is 0 Å². The van der Waals surface area contributed by atoms with Crippen LogP contribution in [-0.4, -0.2) is 18.1 Å². The number of carbonyl (C=O) groups is 1. The van der Waals surface area contributed by atoms with Crippen molar-refractivity contribution >= 4 is 39.1 Å². The van der Waals surface area contributed by atoms with E-state index in [2.05, 4.69) is 31.0 Å². The maximum absolute atomic E-state index is 11.6. The van der Waals surface area contributed by atoms with E-state index in [0.717, 1.165) is 15.7 Å². The van der Waals surface area contributed by atoms with Crippen LogP contribution in [-0.2, 0) is 4.74 Å². The number of halogens is 1. The molecule has 1 aromatic carbocycles. The fourth-order valence-electron chi connectivity index (χ4n) is 1.72. The number of hydrogen-bond acceptors (Lipinski definition) is 5. The lowest BCUT2D eigenvalue weighted by molar-refractivity contribution is 0.0602. The highest BCUT2D eigenvalue weighted by atomic mass is 79.9. The zero-order valence-electron chi connectivity index (χ0n) is 11.1. The maximum Gasteiger partial charge on any atom is 0.340 e. The van der Waals surface area contributed by atoms with Crippen molar-refractivity contribution in [3.63, 3.8) is 0 Å². The number of pyridine rings is 1. The third kappa shape index (κ3) is 2.91. The molecule has 0 radical (unpaired) electrons. The minimum atomic E-state index is -0.487. The van der Waals surface area contributed by atoms with Gasteiger partial charge in [0.15, 0.2) is 5.82 Å². The quantitative estimate of drug-likeness (QED) is 0.842. The molecule has 1 heterocycles. The van der Waals surface area contributed by atoms with Gasteiger partial charge in [-0.15, -0.1) is 0 Å². The number of esters is 1. The molecule has 0 saturated heterocycles. The molecule has 2 aromatic rings. The van der Waals surface area contributed by atoms with Gasteiger partial charge in [-0.3, -0.25) is 0 Å². The van der Waals surface area contributed by atoms with Crippen molar-refractivity contribution in [3.8, 4) is 0 Å². The van der Waals surface area contributed by atoms with Gasteiger partial charge in [0, 0.05) is 16.4 Å². The monoisotopic (exact) mass is 335 g/mol. The SMILES string of the molecule is COC(=O)c1ccnc(Nc2cc(Br)ccc2C)c1N. The van der Waals surface area contributed by atoms with Gasteiger partial charge in [-0.1, -0.05) is 22.0 Å². The summed E-state index contributed by atoms with van der Waals surface area (Å²) in [4.78, 5) is 15.8. The molecule has 2 rings (SSSR count). The lowest BCUT2D eigenvalue weighted by Gasteiger charge is -2.13. The smallest absolute Gasteiger partial charge is 0.340 e. The topological polar surface area (TPSA) is 77.2 Å². The Kier molecular flexibility index (Phi) is 4.24. The number of hydrogen-bond donors (Lipinski definition) is 2. The van der Waals surface area contributed by atoms with E-state index in [0.29, 0.717) is 5.82 Å². The van der Waals surface area contributed by atoms with Crippen molar-refractivity contribution in [2.75, 3.05) is 18.2 Å². The first-order chi connectivity index (χ1) is 9.52. The molecule has 5 nitrogen and oxygen atoms in total. The van der Waals surface area contributed by atoms with Crippen LogP contribution in [0.3, 0.4) is 0 Å². The number of rotatable bonds is 3. The summed E-state index contributed by atoms with van der Waals surface area (Å²) >= 11 is 3.41. The molecule has 0 saturated carbocycles. The van der Waals surface area contributed by atoms with E-state index in [1.165, 1.54) is 19.4 Å². The predicted molar refractivity (Wildman–Crippen MR) is 82.2 cm³/mol. The van der Waals surface area contributed by atoms with Crippen molar-refractivity contribution in [1.29, 1.82) is 0 Å². The Morgan fingerprint density at radius 1 is 1.40 bits per heavy atom. The Labute approximate surface area is 125 Å². The van der Waals surface area contributed by atoms with Crippen molar-refractivity contribution in [1.82, 2.24) is 4.98 Å².